The highest BCUT2D eigenvalue weighted by Gasteiger charge is 2.23. The molecule has 0 amide bonds. The van der Waals surface area contributed by atoms with Gasteiger partial charge in [-0.3, -0.25) is 4.90 Å². The molecule has 0 unspecified atom stereocenters. The van der Waals surface area contributed by atoms with E-state index >= 15 is 0 Å². The fourth-order valence-electron chi connectivity index (χ4n) is 4.89. The van der Waals surface area contributed by atoms with E-state index in [2.05, 4.69) is 34.1 Å². The van der Waals surface area contributed by atoms with Crippen LogP contribution in [0.2, 0.25) is 0 Å². The van der Waals surface area contributed by atoms with Crippen molar-refractivity contribution in [3.63, 3.8) is 0 Å². The van der Waals surface area contributed by atoms with E-state index in [-0.39, 0.29) is 0 Å². The van der Waals surface area contributed by atoms with Crippen molar-refractivity contribution < 1.29 is 13.5 Å². The fraction of sp³-hybridized carbons (Fsp3) is 0.357. The number of pyridine rings is 1. The lowest BCUT2D eigenvalue weighted by Gasteiger charge is -2.38. The van der Waals surface area contributed by atoms with Crippen LogP contribution < -0.4 is 4.90 Å². The monoisotopic (exact) mass is 519 g/mol. The lowest BCUT2D eigenvalue weighted by molar-refractivity contribution is 0.0345. The van der Waals surface area contributed by atoms with Gasteiger partial charge in [0.15, 0.2) is 21.3 Å². The molecule has 1 aliphatic heterocycles. The van der Waals surface area contributed by atoms with E-state index in [9.17, 15) is 13.5 Å². The number of anilines is 1. The molecule has 0 radical (unpaired) electrons. The summed E-state index contributed by atoms with van der Waals surface area (Å²) in [6, 6.07) is 19.3. The van der Waals surface area contributed by atoms with E-state index in [0.717, 1.165) is 54.3 Å². The number of fused-ring (bicyclic) bond motifs is 1. The third kappa shape index (κ3) is 6.01. The molecule has 2 aromatic heterocycles. The van der Waals surface area contributed by atoms with Crippen molar-refractivity contribution in [2.45, 2.75) is 30.8 Å². The van der Waals surface area contributed by atoms with Crippen molar-refractivity contribution >= 4 is 21.2 Å². The van der Waals surface area contributed by atoms with Crippen LogP contribution in [0.3, 0.4) is 0 Å². The number of piperazine rings is 1. The summed E-state index contributed by atoms with van der Waals surface area (Å²) in [7, 11) is -3.25. The van der Waals surface area contributed by atoms with Gasteiger partial charge in [-0.1, -0.05) is 24.3 Å². The summed E-state index contributed by atoms with van der Waals surface area (Å²) in [4.78, 5) is 9.83. The maximum absolute atomic E-state index is 11.8. The highest BCUT2D eigenvalue weighted by atomic mass is 32.2. The average Bonchev–Trinajstić information content (AvgIpc) is 3.26. The molecule has 0 saturated carbocycles. The molecule has 1 aliphatic rings. The van der Waals surface area contributed by atoms with Gasteiger partial charge >= 0.3 is 0 Å². The maximum atomic E-state index is 11.8. The molecule has 5 rings (SSSR count). The van der Waals surface area contributed by atoms with Crippen molar-refractivity contribution in [3.8, 4) is 11.1 Å². The molecule has 1 N–H and O–H groups in total. The molecule has 0 bridgehead atoms. The highest BCUT2D eigenvalue weighted by Crippen LogP contribution is 2.26. The van der Waals surface area contributed by atoms with Gasteiger partial charge in [0.1, 0.15) is 0 Å². The first-order valence-corrected chi connectivity index (χ1v) is 14.4. The molecule has 2 aromatic carbocycles. The minimum absolute atomic E-state index is 0.295. The van der Waals surface area contributed by atoms with Crippen LogP contribution in [0.15, 0.2) is 71.8 Å². The first kappa shape index (κ1) is 25.4. The van der Waals surface area contributed by atoms with Crippen LogP contribution >= 0.6 is 0 Å². The Labute approximate surface area is 218 Å². The molecule has 9 heteroatoms. The Balaban J connectivity index is 1.33. The molecule has 0 aliphatic carbocycles. The Bertz CT molecular complexity index is 1500. The van der Waals surface area contributed by atoms with E-state index < -0.39 is 15.4 Å². The smallest absolute Gasteiger partial charge is 0.175 e. The van der Waals surface area contributed by atoms with Crippen molar-refractivity contribution in [1.29, 1.82) is 0 Å². The van der Waals surface area contributed by atoms with E-state index in [1.165, 1.54) is 11.9 Å². The van der Waals surface area contributed by atoms with Crippen LogP contribution in [-0.2, 0) is 16.3 Å². The van der Waals surface area contributed by atoms with E-state index in [1.54, 1.807) is 16.6 Å². The number of rotatable bonds is 7. The maximum Gasteiger partial charge on any atom is 0.175 e. The lowest BCUT2D eigenvalue weighted by atomic mass is 10.1. The number of benzene rings is 2. The predicted molar refractivity (Wildman–Crippen MR) is 146 cm³/mol. The summed E-state index contributed by atoms with van der Waals surface area (Å²) in [5.74, 6) is 0.729. The molecule has 37 heavy (non-hydrogen) atoms. The molecular formula is C28H33N5O3S. The Morgan fingerprint density at radius 3 is 2.38 bits per heavy atom. The predicted octanol–water partition coefficient (Wildman–Crippen LogP) is 3.28. The van der Waals surface area contributed by atoms with Crippen LogP contribution in [0.25, 0.3) is 16.8 Å². The second kappa shape index (κ2) is 9.89. The number of aromatic nitrogens is 3. The Hall–Kier alpha value is -3.27. The van der Waals surface area contributed by atoms with Crippen molar-refractivity contribution in [2.24, 2.45) is 0 Å². The minimum Gasteiger partial charge on any atom is -0.389 e. The van der Waals surface area contributed by atoms with Gasteiger partial charge in [0.05, 0.1) is 10.5 Å². The summed E-state index contributed by atoms with van der Waals surface area (Å²) in [5.41, 5.74) is 4.19. The van der Waals surface area contributed by atoms with Crippen molar-refractivity contribution in [3.05, 3.63) is 78.2 Å². The van der Waals surface area contributed by atoms with Crippen LogP contribution in [0.4, 0.5) is 5.69 Å². The topological polar surface area (TPSA) is 91.0 Å². The summed E-state index contributed by atoms with van der Waals surface area (Å²) in [6.45, 7) is 8.10. The summed E-state index contributed by atoms with van der Waals surface area (Å²) in [6.07, 6.45) is 3.70. The van der Waals surface area contributed by atoms with Gasteiger partial charge in [0, 0.05) is 62.8 Å². The van der Waals surface area contributed by atoms with Gasteiger partial charge in [-0.15, -0.1) is 0 Å². The van der Waals surface area contributed by atoms with Gasteiger partial charge in [-0.05, 0) is 61.4 Å². The molecule has 1 fully saturated rings. The summed E-state index contributed by atoms with van der Waals surface area (Å²) in [5, 5.41) is 14.8. The Kier molecular flexibility index (Phi) is 6.78. The van der Waals surface area contributed by atoms with Gasteiger partial charge < -0.3 is 10.0 Å². The molecule has 194 valence electrons. The van der Waals surface area contributed by atoms with Crippen LogP contribution in [0, 0.1) is 0 Å². The number of hydrogen-bond donors (Lipinski definition) is 1. The standard InChI is InChI=1S/C28H33N5O3S/c1-28(2,34)20-31-14-16-32(17-15-31)23-7-4-6-21(18-23)19-26-29-27-25(8-5-13-33(27)30-26)22-9-11-24(12-10-22)37(3,35)36/h4-13,18,34H,14-17,19-20H2,1-3H3. The van der Waals surface area contributed by atoms with Gasteiger partial charge in [0.25, 0.3) is 0 Å². The largest absolute Gasteiger partial charge is 0.389 e. The Morgan fingerprint density at radius 2 is 1.70 bits per heavy atom. The van der Waals surface area contributed by atoms with Gasteiger partial charge in [0.2, 0.25) is 0 Å². The Morgan fingerprint density at radius 1 is 0.973 bits per heavy atom. The molecular weight excluding hydrogens is 486 g/mol. The zero-order chi connectivity index (χ0) is 26.2. The molecule has 0 spiro atoms. The summed E-state index contributed by atoms with van der Waals surface area (Å²) >= 11 is 0. The molecule has 3 heterocycles. The summed E-state index contributed by atoms with van der Waals surface area (Å²) < 4.78 is 25.4. The van der Waals surface area contributed by atoms with Gasteiger partial charge in [-0.2, -0.15) is 5.10 Å². The van der Waals surface area contributed by atoms with Crippen molar-refractivity contribution in [2.75, 3.05) is 43.9 Å². The zero-order valence-corrected chi connectivity index (χ0v) is 22.3. The normalized spacial score (nSPS) is 15.4. The number of hydrogen-bond acceptors (Lipinski definition) is 7. The lowest BCUT2D eigenvalue weighted by Crippen LogP contribution is -2.50. The minimum atomic E-state index is -3.25. The van der Waals surface area contributed by atoms with Gasteiger partial charge in [-0.25, -0.2) is 17.9 Å². The third-order valence-electron chi connectivity index (χ3n) is 6.62. The number of aliphatic hydroxyl groups is 1. The van der Waals surface area contributed by atoms with E-state index in [4.69, 9.17) is 10.1 Å². The first-order chi connectivity index (χ1) is 17.5. The van der Waals surface area contributed by atoms with Crippen LogP contribution in [0.5, 0.6) is 0 Å². The van der Waals surface area contributed by atoms with Crippen molar-refractivity contribution in [1.82, 2.24) is 19.5 Å². The van der Waals surface area contributed by atoms with E-state index in [0.29, 0.717) is 17.9 Å². The third-order valence-corrected chi connectivity index (χ3v) is 7.75. The second-order valence-corrected chi connectivity index (χ2v) is 12.5. The number of β-amino-alcohol motifs (C(OH)–C–C–N with tert-alkyl or cyclic N) is 1. The van der Waals surface area contributed by atoms with Crippen LogP contribution in [-0.4, -0.2) is 77.6 Å². The number of nitrogens with zero attached hydrogens (tertiary/aromatic N) is 5. The quantitative estimate of drug-likeness (QED) is 0.401. The second-order valence-electron chi connectivity index (χ2n) is 10.4. The SMILES string of the molecule is CC(C)(O)CN1CCN(c2cccc(Cc3nc4c(-c5ccc(S(C)(=O)=O)cc5)cccn4n3)c2)CC1. The zero-order valence-electron chi connectivity index (χ0n) is 21.5. The highest BCUT2D eigenvalue weighted by molar-refractivity contribution is 7.90. The molecule has 4 aromatic rings. The fourth-order valence-corrected chi connectivity index (χ4v) is 5.52. The number of sulfone groups is 1. The van der Waals surface area contributed by atoms with Crippen LogP contribution in [0.1, 0.15) is 25.2 Å². The average molecular weight is 520 g/mol. The first-order valence-electron chi connectivity index (χ1n) is 12.5. The molecule has 1 saturated heterocycles. The van der Waals surface area contributed by atoms with E-state index in [1.807, 2.05) is 44.3 Å². The molecule has 8 nitrogen and oxygen atoms in total. The molecule has 0 atom stereocenters.